The third kappa shape index (κ3) is 4.09. The number of hydrogen-bond donors (Lipinski definition) is 1. The first kappa shape index (κ1) is 15.6. The smallest absolute Gasteiger partial charge is 0.254 e. The average Bonchev–Trinajstić information content (AvgIpc) is 3.31. The molecule has 1 fully saturated rings. The normalized spacial score (nSPS) is 13.5. The SMILES string of the molecule is CCCCN(C(=O)c1ccc(C#CCN)c(C)c1)C1CC1. The topological polar surface area (TPSA) is 46.3 Å². The summed E-state index contributed by atoms with van der Waals surface area (Å²) in [4.78, 5) is 14.7. The van der Waals surface area contributed by atoms with Crippen molar-refractivity contribution in [3.05, 3.63) is 34.9 Å². The van der Waals surface area contributed by atoms with Gasteiger partial charge in [-0.2, -0.15) is 0 Å². The molecular formula is C18H24N2O. The van der Waals surface area contributed by atoms with Crippen LogP contribution in [0.25, 0.3) is 0 Å². The lowest BCUT2D eigenvalue weighted by atomic mass is 10.0. The van der Waals surface area contributed by atoms with Crippen LogP contribution in [0.2, 0.25) is 0 Å². The number of unbranched alkanes of at least 4 members (excludes halogenated alkanes) is 1. The van der Waals surface area contributed by atoms with E-state index in [1.54, 1.807) is 0 Å². The molecule has 3 heteroatoms. The van der Waals surface area contributed by atoms with Crippen LogP contribution >= 0.6 is 0 Å². The molecule has 1 aliphatic carbocycles. The van der Waals surface area contributed by atoms with Crippen LogP contribution in [-0.4, -0.2) is 29.9 Å². The zero-order chi connectivity index (χ0) is 15.2. The van der Waals surface area contributed by atoms with Crippen molar-refractivity contribution in [3.8, 4) is 11.8 Å². The van der Waals surface area contributed by atoms with E-state index in [1.165, 1.54) is 0 Å². The van der Waals surface area contributed by atoms with Crippen LogP contribution in [0.15, 0.2) is 18.2 Å². The Labute approximate surface area is 127 Å². The van der Waals surface area contributed by atoms with E-state index in [9.17, 15) is 4.79 Å². The summed E-state index contributed by atoms with van der Waals surface area (Å²) in [5.74, 6) is 6.05. The van der Waals surface area contributed by atoms with Crippen molar-refractivity contribution < 1.29 is 4.79 Å². The predicted molar refractivity (Wildman–Crippen MR) is 86.1 cm³/mol. The maximum absolute atomic E-state index is 12.7. The second-order valence-electron chi connectivity index (χ2n) is 5.62. The van der Waals surface area contributed by atoms with Crippen molar-refractivity contribution >= 4 is 5.91 Å². The highest BCUT2D eigenvalue weighted by atomic mass is 16.2. The molecule has 1 saturated carbocycles. The average molecular weight is 284 g/mol. The van der Waals surface area contributed by atoms with Gasteiger partial charge in [0.05, 0.1) is 6.54 Å². The van der Waals surface area contributed by atoms with Gasteiger partial charge in [-0.15, -0.1) is 0 Å². The molecule has 0 bridgehead atoms. The summed E-state index contributed by atoms with van der Waals surface area (Å²) >= 11 is 0. The van der Waals surface area contributed by atoms with Gasteiger partial charge in [-0.3, -0.25) is 4.79 Å². The van der Waals surface area contributed by atoms with Crippen LogP contribution < -0.4 is 5.73 Å². The Balaban J connectivity index is 2.16. The van der Waals surface area contributed by atoms with Gasteiger partial charge in [-0.05, 0) is 49.9 Å². The number of hydrogen-bond acceptors (Lipinski definition) is 2. The van der Waals surface area contributed by atoms with E-state index in [1.807, 2.05) is 30.0 Å². The van der Waals surface area contributed by atoms with Gasteiger partial charge in [0.25, 0.3) is 5.91 Å². The predicted octanol–water partition coefficient (Wildman–Crippen LogP) is 2.71. The molecule has 21 heavy (non-hydrogen) atoms. The molecule has 112 valence electrons. The Morgan fingerprint density at radius 1 is 1.43 bits per heavy atom. The van der Waals surface area contributed by atoms with Crippen molar-refractivity contribution in [1.29, 1.82) is 0 Å². The van der Waals surface area contributed by atoms with Gasteiger partial charge in [0.1, 0.15) is 0 Å². The molecule has 3 nitrogen and oxygen atoms in total. The summed E-state index contributed by atoms with van der Waals surface area (Å²) in [6.07, 6.45) is 4.48. The second kappa shape index (κ2) is 7.28. The van der Waals surface area contributed by atoms with Crippen LogP contribution in [-0.2, 0) is 0 Å². The fourth-order valence-electron chi connectivity index (χ4n) is 2.41. The van der Waals surface area contributed by atoms with Crippen molar-refractivity contribution in [2.75, 3.05) is 13.1 Å². The maximum Gasteiger partial charge on any atom is 0.254 e. The molecule has 0 aliphatic heterocycles. The van der Waals surface area contributed by atoms with Crippen LogP contribution in [0.3, 0.4) is 0 Å². The number of nitrogens with zero attached hydrogens (tertiary/aromatic N) is 1. The standard InChI is InChI=1S/C18H24N2O/c1-3-4-12-20(17-9-10-17)18(21)16-8-7-15(6-5-11-19)14(2)13-16/h7-8,13,17H,3-4,9-12,19H2,1-2H3. The second-order valence-corrected chi connectivity index (χ2v) is 5.62. The molecule has 1 aromatic carbocycles. The van der Waals surface area contributed by atoms with E-state index < -0.39 is 0 Å². The summed E-state index contributed by atoms with van der Waals surface area (Å²) in [7, 11) is 0. The van der Waals surface area contributed by atoms with Crippen LogP contribution in [0.4, 0.5) is 0 Å². The number of benzene rings is 1. The Bertz CT molecular complexity index is 564. The number of carbonyl (C=O) groups is 1. The molecule has 2 N–H and O–H groups in total. The molecule has 0 aromatic heterocycles. The van der Waals surface area contributed by atoms with Crippen LogP contribution in [0, 0.1) is 18.8 Å². The Hall–Kier alpha value is -1.79. The summed E-state index contributed by atoms with van der Waals surface area (Å²) in [6, 6.07) is 6.22. The van der Waals surface area contributed by atoms with Gasteiger partial charge in [0.2, 0.25) is 0 Å². The number of nitrogens with two attached hydrogens (primary N) is 1. The molecule has 0 saturated heterocycles. The van der Waals surface area contributed by atoms with Crippen molar-refractivity contribution in [3.63, 3.8) is 0 Å². The van der Waals surface area contributed by atoms with E-state index in [4.69, 9.17) is 5.73 Å². The number of amides is 1. The Morgan fingerprint density at radius 3 is 2.76 bits per heavy atom. The first-order valence-electron chi connectivity index (χ1n) is 7.78. The molecule has 1 aromatic rings. The number of carbonyl (C=O) groups excluding carboxylic acids is 1. The highest BCUT2D eigenvalue weighted by molar-refractivity contribution is 5.95. The number of aryl methyl sites for hydroxylation is 1. The molecule has 0 atom stereocenters. The minimum absolute atomic E-state index is 0.160. The fraction of sp³-hybridized carbons (Fsp3) is 0.500. The Morgan fingerprint density at radius 2 is 2.19 bits per heavy atom. The monoisotopic (exact) mass is 284 g/mol. The van der Waals surface area contributed by atoms with E-state index in [0.29, 0.717) is 12.6 Å². The first-order valence-corrected chi connectivity index (χ1v) is 7.78. The van der Waals surface area contributed by atoms with Gasteiger partial charge < -0.3 is 10.6 Å². The maximum atomic E-state index is 12.7. The lowest BCUT2D eigenvalue weighted by Crippen LogP contribution is -2.34. The number of rotatable bonds is 5. The summed E-state index contributed by atoms with van der Waals surface area (Å²) < 4.78 is 0. The summed E-state index contributed by atoms with van der Waals surface area (Å²) in [5.41, 5.74) is 8.15. The summed E-state index contributed by atoms with van der Waals surface area (Å²) in [6.45, 7) is 5.37. The first-order chi connectivity index (χ1) is 10.2. The molecular weight excluding hydrogens is 260 g/mol. The highest BCUT2D eigenvalue weighted by Crippen LogP contribution is 2.28. The molecule has 0 spiro atoms. The highest BCUT2D eigenvalue weighted by Gasteiger charge is 2.32. The van der Waals surface area contributed by atoms with E-state index in [-0.39, 0.29) is 5.91 Å². The molecule has 0 radical (unpaired) electrons. The van der Waals surface area contributed by atoms with Crippen LogP contribution in [0.5, 0.6) is 0 Å². The summed E-state index contributed by atoms with van der Waals surface area (Å²) in [5, 5.41) is 0. The van der Waals surface area contributed by atoms with Gasteiger partial charge in [-0.1, -0.05) is 25.2 Å². The minimum atomic E-state index is 0.160. The van der Waals surface area contributed by atoms with Crippen molar-refractivity contribution in [2.45, 2.75) is 45.6 Å². The third-order valence-electron chi connectivity index (χ3n) is 3.80. The molecule has 0 unspecified atom stereocenters. The van der Waals surface area contributed by atoms with Gasteiger partial charge in [0, 0.05) is 23.7 Å². The lowest BCUT2D eigenvalue weighted by molar-refractivity contribution is 0.0740. The van der Waals surface area contributed by atoms with E-state index in [2.05, 4.69) is 18.8 Å². The third-order valence-corrected chi connectivity index (χ3v) is 3.80. The van der Waals surface area contributed by atoms with E-state index >= 15 is 0 Å². The van der Waals surface area contributed by atoms with Gasteiger partial charge in [-0.25, -0.2) is 0 Å². The molecule has 1 amide bonds. The van der Waals surface area contributed by atoms with Gasteiger partial charge in [0.15, 0.2) is 0 Å². The molecule has 2 rings (SSSR count). The zero-order valence-corrected chi connectivity index (χ0v) is 13.0. The molecule has 1 aliphatic rings. The largest absolute Gasteiger partial charge is 0.336 e. The fourth-order valence-corrected chi connectivity index (χ4v) is 2.41. The van der Waals surface area contributed by atoms with Crippen molar-refractivity contribution in [1.82, 2.24) is 4.90 Å². The lowest BCUT2D eigenvalue weighted by Gasteiger charge is -2.22. The van der Waals surface area contributed by atoms with E-state index in [0.717, 1.165) is 48.9 Å². The Kier molecular flexibility index (Phi) is 5.41. The minimum Gasteiger partial charge on any atom is -0.336 e. The molecule has 0 heterocycles. The van der Waals surface area contributed by atoms with Crippen molar-refractivity contribution in [2.24, 2.45) is 5.73 Å². The zero-order valence-electron chi connectivity index (χ0n) is 13.0. The quantitative estimate of drug-likeness (QED) is 0.845. The van der Waals surface area contributed by atoms with Gasteiger partial charge >= 0.3 is 0 Å². The van der Waals surface area contributed by atoms with Crippen LogP contribution in [0.1, 0.15) is 54.1 Å².